The second-order valence-corrected chi connectivity index (χ2v) is 8.47. The van der Waals surface area contributed by atoms with Crippen LogP contribution in [0.1, 0.15) is 11.3 Å². The Morgan fingerprint density at radius 3 is 2.61 bits per heavy atom. The smallest absolute Gasteiger partial charge is 0.267 e. The molecule has 2 heterocycles. The number of hydrogen-bond donors (Lipinski definition) is 0. The largest absolute Gasteiger partial charge is 0.493 e. The molecule has 0 spiro atoms. The highest BCUT2D eigenvalue weighted by molar-refractivity contribution is 9.10. The van der Waals surface area contributed by atoms with Crippen molar-refractivity contribution in [1.82, 2.24) is 4.90 Å². The summed E-state index contributed by atoms with van der Waals surface area (Å²) in [5, 5.41) is 0.583. The highest BCUT2D eigenvalue weighted by Crippen LogP contribution is 2.40. The number of amidine groups is 1. The van der Waals surface area contributed by atoms with Crippen molar-refractivity contribution in [3.05, 3.63) is 81.6 Å². The van der Waals surface area contributed by atoms with Crippen molar-refractivity contribution in [2.45, 2.75) is 6.54 Å². The lowest BCUT2D eigenvalue weighted by Gasteiger charge is -2.14. The fraction of sp³-hybridized carbons (Fsp3) is 0.130. The molecule has 0 aliphatic carbocycles. The van der Waals surface area contributed by atoms with Crippen LogP contribution >= 0.6 is 27.7 Å². The number of halogens is 1. The lowest BCUT2D eigenvalue weighted by Crippen LogP contribution is -2.28. The highest BCUT2D eigenvalue weighted by atomic mass is 79.9. The minimum absolute atomic E-state index is 0.155. The minimum Gasteiger partial charge on any atom is -0.493 e. The van der Waals surface area contributed by atoms with Crippen LogP contribution in [0.15, 0.2) is 79.6 Å². The van der Waals surface area contributed by atoms with Gasteiger partial charge in [-0.05, 0) is 54.2 Å². The summed E-state index contributed by atoms with van der Waals surface area (Å²) in [5.41, 5.74) is 1.49. The molecule has 0 bridgehead atoms. The van der Waals surface area contributed by atoms with E-state index in [-0.39, 0.29) is 5.91 Å². The third-order valence-electron chi connectivity index (χ3n) is 4.52. The number of carbonyl (C=O) groups excluding carboxylic acids is 1. The molecular formula is C23H19BrN2O4S. The first kappa shape index (κ1) is 21.3. The zero-order valence-corrected chi connectivity index (χ0v) is 19.3. The fourth-order valence-electron chi connectivity index (χ4n) is 3.11. The number of amides is 1. The molecule has 4 rings (SSSR count). The van der Waals surface area contributed by atoms with Crippen molar-refractivity contribution >= 4 is 50.5 Å². The van der Waals surface area contributed by atoms with Crippen LogP contribution in [-0.2, 0) is 11.3 Å². The van der Waals surface area contributed by atoms with Crippen LogP contribution in [0.3, 0.4) is 0 Å². The summed E-state index contributed by atoms with van der Waals surface area (Å²) in [7, 11) is 3.15. The third-order valence-corrected chi connectivity index (χ3v) is 5.99. The van der Waals surface area contributed by atoms with Gasteiger partial charge in [0.05, 0.1) is 37.6 Å². The number of hydrogen-bond acceptors (Lipinski definition) is 6. The number of rotatable bonds is 6. The van der Waals surface area contributed by atoms with Gasteiger partial charge in [0.2, 0.25) is 0 Å². The van der Waals surface area contributed by atoms with E-state index in [0.717, 1.165) is 15.7 Å². The SMILES string of the molecule is COc1cc(Br)cc(/C=C2\SC(=Nc3ccccc3)N(Cc3ccco3)C2=O)c1OC. The Kier molecular flexibility index (Phi) is 6.48. The number of methoxy groups -OCH3 is 2. The quantitative estimate of drug-likeness (QED) is 0.398. The molecule has 6 nitrogen and oxygen atoms in total. The van der Waals surface area contributed by atoms with Gasteiger partial charge in [-0.15, -0.1) is 0 Å². The molecule has 8 heteroatoms. The molecule has 31 heavy (non-hydrogen) atoms. The molecule has 158 valence electrons. The maximum atomic E-state index is 13.3. The zero-order chi connectivity index (χ0) is 21.8. The first-order chi connectivity index (χ1) is 15.1. The van der Waals surface area contributed by atoms with E-state index in [0.29, 0.717) is 33.9 Å². The Morgan fingerprint density at radius 2 is 1.94 bits per heavy atom. The van der Waals surface area contributed by atoms with Gasteiger partial charge in [-0.25, -0.2) is 4.99 Å². The van der Waals surface area contributed by atoms with Crippen molar-refractivity contribution in [2.75, 3.05) is 14.2 Å². The molecule has 0 unspecified atom stereocenters. The van der Waals surface area contributed by atoms with E-state index in [1.807, 2.05) is 48.5 Å². The summed E-state index contributed by atoms with van der Waals surface area (Å²) >= 11 is 4.80. The number of benzene rings is 2. The lowest BCUT2D eigenvalue weighted by molar-refractivity contribution is -0.122. The summed E-state index contributed by atoms with van der Waals surface area (Å²) in [5.74, 6) is 1.65. The summed E-state index contributed by atoms with van der Waals surface area (Å²) in [6.45, 7) is 0.292. The van der Waals surface area contributed by atoms with Crippen LogP contribution in [0, 0.1) is 0 Å². The fourth-order valence-corrected chi connectivity index (χ4v) is 4.55. The van der Waals surface area contributed by atoms with Gasteiger partial charge in [0.25, 0.3) is 5.91 Å². The Balaban J connectivity index is 1.75. The molecule has 0 N–H and O–H groups in total. The molecule has 1 aliphatic heterocycles. The molecule has 2 aromatic carbocycles. The van der Waals surface area contributed by atoms with Crippen LogP contribution in [0.4, 0.5) is 5.69 Å². The summed E-state index contributed by atoms with van der Waals surface area (Å²) < 4.78 is 17.2. The molecule has 1 aromatic heterocycles. The van der Waals surface area contributed by atoms with Crippen LogP contribution in [-0.4, -0.2) is 30.2 Å². The van der Waals surface area contributed by atoms with E-state index in [1.54, 1.807) is 37.5 Å². The number of ether oxygens (including phenoxy) is 2. The topological polar surface area (TPSA) is 64.3 Å². The van der Waals surface area contributed by atoms with Gasteiger partial charge < -0.3 is 13.9 Å². The molecule has 1 saturated heterocycles. The number of aliphatic imine (C=N–C) groups is 1. The Morgan fingerprint density at radius 1 is 1.13 bits per heavy atom. The summed E-state index contributed by atoms with van der Waals surface area (Å²) in [4.78, 5) is 20.1. The van der Waals surface area contributed by atoms with Crippen LogP contribution < -0.4 is 9.47 Å². The third kappa shape index (κ3) is 4.70. The van der Waals surface area contributed by atoms with Crippen molar-refractivity contribution in [1.29, 1.82) is 0 Å². The van der Waals surface area contributed by atoms with Gasteiger partial charge >= 0.3 is 0 Å². The number of carbonyl (C=O) groups is 1. The van der Waals surface area contributed by atoms with Crippen LogP contribution in [0.25, 0.3) is 6.08 Å². The minimum atomic E-state index is -0.155. The maximum Gasteiger partial charge on any atom is 0.267 e. The average molecular weight is 499 g/mol. The second kappa shape index (κ2) is 9.45. The molecular weight excluding hydrogens is 480 g/mol. The van der Waals surface area contributed by atoms with Gasteiger partial charge in [-0.1, -0.05) is 34.1 Å². The van der Waals surface area contributed by atoms with E-state index in [2.05, 4.69) is 15.9 Å². The number of furan rings is 1. The monoisotopic (exact) mass is 498 g/mol. The van der Waals surface area contributed by atoms with E-state index in [1.165, 1.54) is 11.8 Å². The Labute approximate surface area is 192 Å². The first-order valence-electron chi connectivity index (χ1n) is 9.38. The molecule has 1 aliphatic rings. The number of nitrogens with zero attached hydrogens (tertiary/aromatic N) is 2. The van der Waals surface area contributed by atoms with Gasteiger partial charge in [0, 0.05) is 10.0 Å². The second-order valence-electron chi connectivity index (χ2n) is 6.54. The van der Waals surface area contributed by atoms with Crippen molar-refractivity contribution in [3.8, 4) is 11.5 Å². The maximum absolute atomic E-state index is 13.3. The van der Waals surface area contributed by atoms with Crippen LogP contribution in [0.5, 0.6) is 11.5 Å². The summed E-state index contributed by atoms with van der Waals surface area (Å²) in [6.07, 6.45) is 3.38. The first-order valence-corrected chi connectivity index (χ1v) is 11.0. The van der Waals surface area contributed by atoms with Gasteiger partial charge in [0.15, 0.2) is 16.7 Å². The molecule has 0 radical (unpaired) electrons. The Hall–Kier alpha value is -2.97. The van der Waals surface area contributed by atoms with E-state index >= 15 is 0 Å². The average Bonchev–Trinajstić information content (AvgIpc) is 3.38. The highest BCUT2D eigenvalue weighted by Gasteiger charge is 2.34. The molecule has 3 aromatic rings. The zero-order valence-electron chi connectivity index (χ0n) is 16.9. The van der Waals surface area contributed by atoms with Crippen LogP contribution in [0.2, 0.25) is 0 Å². The molecule has 0 saturated carbocycles. The standard InChI is InChI=1S/C23H19BrN2O4S/c1-28-19-13-16(24)11-15(21(19)29-2)12-20-22(27)26(14-18-9-6-10-30-18)23(31-20)25-17-7-4-3-5-8-17/h3-13H,14H2,1-2H3/b20-12-,25-23?. The van der Waals surface area contributed by atoms with Crippen molar-refractivity contribution in [3.63, 3.8) is 0 Å². The van der Waals surface area contributed by atoms with Gasteiger partial charge in [-0.2, -0.15) is 0 Å². The number of thioether (sulfide) groups is 1. The predicted octanol–water partition coefficient (Wildman–Crippen LogP) is 5.86. The van der Waals surface area contributed by atoms with Gasteiger partial charge in [-0.3, -0.25) is 9.69 Å². The lowest BCUT2D eigenvalue weighted by atomic mass is 10.1. The van der Waals surface area contributed by atoms with Crippen molar-refractivity contribution in [2.24, 2.45) is 4.99 Å². The number of para-hydroxylation sites is 1. The van der Waals surface area contributed by atoms with Crippen molar-refractivity contribution < 1.29 is 18.7 Å². The predicted molar refractivity (Wildman–Crippen MR) is 126 cm³/mol. The summed E-state index contributed by atoms with van der Waals surface area (Å²) in [6, 6.07) is 16.9. The normalized spacial score (nSPS) is 16.4. The van der Waals surface area contributed by atoms with E-state index in [9.17, 15) is 4.79 Å². The van der Waals surface area contributed by atoms with Gasteiger partial charge in [0.1, 0.15) is 5.76 Å². The Bertz CT molecular complexity index is 1140. The molecule has 1 amide bonds. The molecule has 0 atom stereocenters. The van der Waals surface area contributed by atoms with E-state index < -0.39 is 0 Å². The van der Waals surface area contributed by atoms with E-state index in [4.69, 9.17) is 18.9 Å². The molecule has 1 fully saturated rings.